The largest absolute Gasteiger partial charge is 0.451 e. The van der Waals surface area contributed by atoms with Crippen LogP contribution in [-0.4, -0.2) is 43.5 Å². The minimum Gasteiger partial charge on any atom is -0.394 e. The van der Waals surface area contributed by atoms with Crippen molar-refractivity contribution in [2.24, 2.45) is 0 Å². The Morgan fingerprint density at radius 1 is 1.35 bits per heavy atom. The molecule has 23 heavy (non-hydrogen) atoms. The van der Waals surface area contributed by atoms with Crippen molar-refractivity contribution < 1.29 is 27.4 Å². The molecule has 0 radical (unpaired) electrons. The molecule has 0 bridgehead atoms. The second-order valence-corrected chi connectivity index (χ2v) is 5.27. The van der Waals surface area contributed by atoms with E-state index in [-0.39, 0.29) is 22.9 Å². The standard InChI is InChI=1S/C11H10ClF4N5O2/c12-10-18-5-6(17)19-9(11(14,15)16)20-7(5)21(10)8-4(13)1-3(2-22)23-8/h3-4,8,22H,1-2H2,(H2,17,19,20). The molecule has 12 heteroatoms. The Morgan fingerprint density at radius 3 is 2.61 bits per heavy atom. The highest BCUT2D eigenvalue weighted by Gasteiger charge is 2.40. The number of anilines is 1. The Balaban J connectivity index is 2.17. The lowest BCUT2D eigenvalue weighted by atomic mass is 10.2. The fourth-order valence-electron chi connectivity index (χ4n) is 2.37. The number of aromatic nitrogens is 4. The minimum atomic E-state index is -4.84. The van der Waals surface area contributed by atoms with E-state index in [0.29, 0.717) is 0 Å². The van der Waals surface area contributed by atoms with Gasteiger partial charge >= 0.3 is 6.18 Å². The van der Waals surface area contributed by atoms with Gasteiger partial charge in [0.1, 0.15) is 6.17 Å². The number of rotatable bonds is 2. The second kappa shape index (κ2) is 5.42. The van der Waals surface area contributed by atoms with Crippen LogP contribution in [0.2, 0.25) is 5.28 Å². The van der Waals surface area contributed by atoms with Crippen molar-refractivity contribution in [3.05, 3.63) is 11.1 Å². The number of nitrogens with two attached hydrogens (primary N) is 1. The summed E-state index contributed by atoms with van der Waals surface area (Å²) in [5.41, 5.74) is 4.89. The summed E-state index contributed by atoms with van der Waals surface area (Å²) in [6.07, 6.45) is -8.75. The smallest absolute Gasteiger partial charge is 0.394 e. The van der Waals surface area contributed by atoms with E-state index >= 15 is 0 Å². The summed E-state index contributed by atoms with van der Waals surface area (Å²) in [5.74, 6) is -2.03. The highest BCUT2D eigenvalue weighted by atomic mass is 35.5. The number of aliphatic hydroxyl groups is 1. The van der Waals surface area contributed by atoms with Crippen LogP contribution in [0.15, 0.2) is 0 Å². The third kappa shape index (κ3) is 2.68. The van der Waals surface area contributed by atoms with Crippen LogP contribution in [-0.2, 0) is 10.9 Å². The molecule has 0 amide bonds. The van der Waals surface area contributed by atoms with Gasteiger partial charge in [-0.1, -0.05) is 0 Å². The number of imidazole rings is 1. The van der Waals surface area contributed by atoms with Crippen molar-refractivity contribution in [2.75, 3.05) is 12.3 Å². The van der Waals surface area contributed by atoms with Crippen LogP contribution in [0.4, 0.5) is 23.4 Å². The van der Waals surface area contributed by atoms with E-state index in [1.807, 2.05) is 0 Å². The summed E-state index contributed by atoms with van der Waals surface area (Å²) in [5, 5.41) is 8.69. The quantitative estimate of drug-likeness (QED) is 0.628. The van der Waals surface area contributed by atoms with Gasteiger partial charge in [-0.2, -0.15) is 13.2 Å². The molecule has 2 aromatic rings. The zero-order chi connectivity index (χ0) is 16.9. The number of hydrogen-bond donors (Lipinski definition) is 2. The van der Waals surface area contributed by atoms with E-state index in [2.05, 4.69) is 15.0 Å². The maximum absolute atomic E-state index is 14.1. The molecule has 3 unspecified atom stereocenters. The molecule has 1 saturated heterocycles. The predicted octanol–water partition coefficient (Wildman–Crippen LogP) is 1.70. The summed E-state index contributed by atoms with van der Waals surface area (Å²) in [4.78, 5) is 10.3. The highest BCUT2D eigenvalue weighted by molar-refractivity contribution is 6.29. The fraction of sp³-hybridized carbons (Fsp3) is 0.545. The van der Waals surface area contributed by atoms with Gasteiger partial charge in [0.15, 0.2) is 23.2 Å². The number of alkyl halides is 4. The topological polar surface area (TPSA) is 99.1 Å². The molecule has 3 rings (SSSR count). The van der Waals surface area contributed by atoms with Crippen molar-refractivity contribution in [3.63, 3.8) is 0 Å². The Labute approximate surface area is 131 Å². The highest BCUT2D eigenvalue weighted by Crippen LogP contribution is 2.37. The number of ether oxygens (including phenoxy) is 1. The second-order valence-electron chi connectivity index (χ2n) is 4.94. The Hall–Kier alpha value is -1.72. The molecule has 126 valence electrons. The number of nitrogens with zero attached hydrogens (tertiary/aromatic N) is 4. The lowest BCUT2D eigenvalue weighted by Crippen LogP contribution is -2.19. The predicted molar refractivity (Wildman–Crippen MR) is 70.3 cm³/mol. The van der Waals surface area contributed by atoms with Gasteiger partial charge in [0.05, 0.1) is 12.7 Å². The summed E-state index contributed by atoms with van der Waals surface area (Å²) in [6.45, 7) is -0.438. The number of nitrogen functional groups attached to an aromatic ring is 1. The van der Waals surface area contributed by atoms with Crippen molar-refractivity contribution in [3.8, 4) is 0 Å². The average molecular weight is 356 g/mol. The molecule has 0 saturated carbocycles. The van der Waals surface area contributed by atoms with E-state index < -0.39 is 42.9 Å². The molecule has 1 fully saturated rings. The van der Waals surface area contributed by atoms with E-state index in [1.165, 1.54) is 0 Å². The molecular formula is C11H10ClF4N5O2. The SMILES string of the molecule is Nc1nc(C(F)(F)F)nc2c1nc(Cl)n2C1OC(CO)CC1F. The molecule has 0 aliphatic carbocycles. The first-order chi connectivity index (χ1) is 10.7. The van der Waals surface area contributed by atoms with Gasteiger partial charge in [0.2, 0.25) is 11.1 Å². The van der Waals surface area contributed by atoms with Gasteiger partial charge in [0.25, 0.3) is 0 Å². The van der Waals surface area contributed by atoms with Crippen LogP contribution in [0.5, 0.6) is 0 Å². The molecule has 3 N–H and O–H groups in total. The van der Waals surface area contributed by atoms with E-state index in [9.17, 15) is 17.6 Å². The lowest BCUT2D eigenvalue weighted by molar-refractivity contribution is -0.144. The lowest BCUT2D eigenvalue weighted by Gasteiger charge is -2.16. The van der Waals surface area contributed by atoms with E-state index in [4.69, 9.17) is 27.2 Å². The number of fused-ring (bicyclic) bond motifs is 1. The van der Waals surface area contributed by atoms with Crippen LogP contribution in [0, 0.1) is 0 Å². The molecule has 0 spiro atoms. The normalized spacial score (nSPS) is 25.4. The summed E-state index contributed by atoms with van der Waals surface area (Å²) < 4.78 is 58.7. The Kier molecular flexibility index (Phi) is 3.81. The maximum Gasteiger partial charge on any atom is 0.451 e. The van der Waals surface area contributed by atoms with Gasteiger partial charge in [-0.3, -0.25) is 4.57 Å². The first-order valence-corrected chi connectivity index (χ1v) is 6.78. The fourth-order valence-corrected chi connectivity index (χ4v) is 2.63. The first kappa shape index (κ1) is 16.1. The summed E-state index contributed by atoms with van der Waals surface area (Å²) in [6, 6.07) is 0. The Morgan fingerprint density at radius 2 is 2.04 bits per heavy atom. The molecular weight excluding hydrogens is 346 g/mol. The summed E-state index contributed by atoms with van der Waals surface area (Å²) >= 11 is 5.88. The third-order valence-corrected chi connectivity index (χ3v) is 3.63. The average Bonchev–Trinajstić information content (AvgIpc) is 2.97. The van der Waals surface area contributed by atoms with Crippen LogP contribution in [0.25, 0.3) is 11.2 Å². The third-order valence-electron chi connectivity index (χ3n) is 3.36. The summed E-state index contributed by atoms with van der Waals surface area (Å²) in [7, 11) is 0. The van der Waals surface area contributed by atoms with Crippen molar-refractivity contribution in [1.82, 2.24) is 19.5 Å². The molecule has 3 heterocycles. The van der Waals surface area contributed by atoms with Crippen LogP contribution >= 0.6 is 11.6 Å². The van der Waals surface area contributed by atoms with Crippen molar-refractivity contribution in [2.45, 2.75) is 31.1 Å². The molecule has 1 aliphatic rings. The number of aliphatic hydroxyl groups excluding tert-OH is 1. The zero-order valence-corrected chi connectivity index (χ0v) is 12.0. The number of halogens is 5. The van der Waals surface area contributed by atoms with Crippen LogP contribution in [0.3, 0.4) is 0 Å². The molecule has 0 aromatic carbocycles. The Bertz CT molecular complexity index is 752. The van der Waals surface area contributed by atoms with Gasteiger partial charge in [-0.25, -0.2) is 19.3 Å². The number of hydrogen-bond acceptors (Lipinski definition) is 6. The molecule has 3 atom stereocenters. The minimum absolute atomic E-state index is 0.135. The van der Waals surface area contributed by atoms with E-state index in [0.717, 1.165) is 4.57 Å². The van der Waals surface area contributed by atoms with E-state index in [1.54, 1.807) is 0 Å². The first-order valence-electron chi connectivity index (χ1n) is 6.41. The molecule has 7 nitrogen and oxygen atoms in total. The zero-order valence-electron chi connectivity index (χ0n) is 11.3. The van der Waals surface area contributed by atoms with Gasteiger partial charge < -0.3 is 15.6 Å². The molecule has 2 aromatic heterocycles. The monoisotopic (exact) mass is 355 g/mol. The van der Waals surface area contributed by atoms with Crippen LogP contribution in [0.1, 0.15) is 18.5 Å². The van der Waals surface area contributed by atoms with Crippen molar-refractivity contribution in [1.29, 1.82) is 0 Å². The van der Waals surface area contributed by atoms with Gasteiger partial charge in [-0.15, -0.1) is 0 Å². The maximum atomic E-state index is 14.1. The van der Waals surface area contributed by atoms with Crippen molar-refractivity contribution >= 4 is 28.6 Å². The van der Waals surface area contributed by atoms with Crippen LogP contribution < -0.4 is 5.73 Å². The van der Waals surface area contributed by atoms with Gasteiger partial charge in [0, 0.05) is 6.42 Å². The molecule has 1 aliphatic heterocycles. The van der Waals surface area contributed by atoms with Gasteiger partial charge in [-0.05, 0) is 11.6 Å².